The van der Waals surface area contributed by atoms with Gasteiger partial charge in [0.2, 0.25) is 0 Å². The lowest BCUT2D eigenvalue weighted by atomic mass is 10.1. The van der Waals surface area contributed by atoms with Crippen LogP contribution in [0.1, 0.15) is 11.1 Å². The van der Waals surface area contributed by atoms with Crippen LogP contribution in [0.2, 0.25) is 0 Å². The Morgan fingerprint density at radius 2 is 2.00 bits per heavy atom. The third-order valence-corrected chi connectivity index (χ3v) is 2.81. The Morgan fingerprint density at radius 3 is 2.70 bits per heavy atom. The standard InChI is InChI=1S/C17H16N2O/c1-19-12-16(15-7-3-2-4-8-15)13-20-17-9-5-6-14(10-17)11-18/h2-10,13,19H,12H2,1H3. The van der Waals surface area contributed by atoms with E-state index in [2.05, 4.69) is 11.4 Å². The molecule has 0 fully saturated rings. The SMILES string of the molecule is CNCC(=COc1cccc(C#N)c1)c1ccccc1. The highest BCUT2D eigenvalue weighted by Crippen LogP contribution is 2.17. The monoisotopic (exact) mass is 264 g/mol. The largest absolute Gasteiger partial charge is 0.465 e. The van der Waals surface area contributed by atoms with Crippen LogP contribution in [-0.4, -0.2) is 13.6 Å². The zero-order valence-corrected chi connectivity index (χ0v) is 11.3. The molecule has 0 aliphatic rings. The number of nitriles is 1. The summed E-state index contributed by atoms with van der Waals surface area (Å²) in [6.45, 7) is 0.710. The number of likely N-dealkylation sites (N-methyl/N-ethyl adjacent to an activating group) is 1. The maximum Gasteiger partial charge on any atom is 0.127 e. The molecular formula is C17H16N2O. The summed E-state index contributed by atoms with van der Waals surface area (Å²) < 4.78 is 5.66. The average molecular weight is 264 g/mol. The van der Waals surface area contributed by atoms with Gasteiger partial charge in [-0.15, -0.1) is 0 Å². The Labute approximate surface area is 119 Å². The first-order chi connectivity index (χ1) is 9.83. The van der Waals surface area contributed by atoms with Gasteiger partial charge in [0.15, 0.2) is 0 Å². The summed E-state index contributed by atoms with van der Waals surface area (Å²) in [4.78, 5) is 0. The van der Waals surface area contributed by atoms with E-state index in [0.29, 0.717) is 17.9 Å². The van der Waals surface area contributed by atoms with Gasteiger partial charge in [-0.05, 0) is 30.8 Å². The van der Waals surface area contributed by atoms with Crippen molar-refractivity contribution in [1.82, 2.24) is 5.32 Å². The molecule has 0 atom stereocenters. The molecule has 1 N–H and O–H groups in total. The number of rotatable bonds is 5. The molecule has 0 amide bonds. The van der Waals surface area contributed by atoms with Crippen LogP contribution in [-0.2, 0) is 0 Å². The van der Waals surface area contributed by atoms with Gasteiger partial charge in [-0.2, -0.15) is 5.26 Å². The molecule has 2 aromatic rings. The molecule has 2 rings (SSSR count). The number of hydrogen-bond acceptors (Lipinski definition) is 3. The minimum Gasteiger partial charge on any atom is -0.465 e. The quantitative estimate of drug-likeness (QED) is 0.843. The Balaban J connectivity index is 2.19. The zero-order valence-electron chi connectivity index (χ0n) is 11.3. The lowest BCUT2D eigenvalue weighted by molar-refractivity contribution is 0.481. The van der Waals surface area contributed by atoms with Crippen LogP contribution in [0.5, 0.6) is 5.75 Å². The Morgan fingerprint density at radius 1 is 1.20 bits per heavy atom. The van der Waals surface area contributed by atoms with Crippen molar-refractivity contribution in [3.8, 4) is 11.8 Å². The van der Waals surface area contributed by atoms with Crippen molar-refractivity contribution < 1.29 is 4.74 Å². The molecule has 0 aromatic heterocycles. The fraction of sp³-hybridized carbons (Fsp3) is 0.118. The van der Waals surface area contributed by atoms with Crippen LogP contribution in [0, 0.1) is 11.3 Å². The van der Waals surface area contributed by atoms with Gasteiger partial charge in [0.1, 0.15) is 5.75 Å². The molecule has 0 spiro atoms. The molecular weight excluding hydrogens is 248 g/mol. The van der Waals surface area contributed by atoms with Gasteiger partial charge >= 0.3 is 0 Å². The molecule has 3 heteroatoms. The van der Waals surface area contributed by atoms with E-state index in [1.54, 1.807) is 18.4 Å². The summed E-state index contributed by atoms with van der Waals surface area (Å²) in [5.41, 5.74) is 2.75. The molecule has 3 nitrogen and oxygen atoms in total. The van der Waals surface area contributed by atoms with Gasteiger partial charge in [0.25, 0.3) is 0 Å². The van der Waals surface area contributed by atoms with Gasteiger partial charge < -0.3 is 10.1 Å². The number of nitrogens with zero attached hydrogens (tertiary/aromatic N) is 1. The van der Waals surface area contributed by atoms with Gasteiger partial charge in [-0.3, -0.25) is 0 Å². The second-order valence-corrected chi connectivity index (χ2v) is 4.30. The fourth-order valence-electron chi connectivity index (χ4n) is 1.83. The third-order valence-electron chi connectivity index (χ3n) is 2.81. The molecule has 100 valence electrons. The van der Waals surface area contributed by atoms with Crippen LogP contribution in [0.15, 0.2) is 60.9 Å². The normalized spacial score (nSPS) is 10.9. The van der Waals surface area contributed by atoms with E-state index in [4.69, 9.17) is 10.00 Å². The number of hydrogen-bond donors (Lipinski definition) is 1. The van der Waals surface area contributed by atoms with Crippen molar-refractivity contribution in [2.75, 3.05) is 13.6 Å². The highest BCUT2D eigenvalue weighted by Gasteiger charge is 2.01. The maximum absolute atomic E-state index is 8.87. The minimum atomic E-state index is 0.589. The average Bonchev–Trinajstić information content (AvgIpc) is 2.52. The summed E-state index contributed by atoms with van der Waals surface area (Å²) in [5.74, 6) is 0.661. The summed E-state index contributed by atoms with van der Waals surface area (Å²) >= 11 is 0. The van der Waals surface area contributed by atoms with E-state index in [1.165, 1.54) is 0 Å². The van der Waals surface area contributed by atoms with Crippen LogP contribution < -0.4 is 10.1 Å². The van der Waals surface area contributed by atoms with Crippen molar-refractivity contribution in [2.24, 2.45) is 0 Å². The van der Waals surface area contributed by atoms with E-state index in [0.717, 1.165) is 11.1 Å². The number of ether oxygens (including phenoxy) is 1. The Kier molecular flexibility index (Phi) is 4.94. The van der Waals surface area contributed by atoms with Crippen molar-refractivity contribution in [1.29, 1.82) is 5.26 Å². The summed E-state index contributed by atoms with van der Waals surface area (Å²) in [6.07, 6.45) is 1.72. The van der Waals surface area contributed by atoms with E-state index < -0.39 is 0 Å². The van der Waals surface area contributed by atoms with Crippen molar-refractivity contribution in [3.05, 3.63) is 72.0 Å². The summed E-state index contributed by atoms with van der Waals surface area (Å²) in [5, 5.41) is 12.0. The van der Waals surface area contributed by atoms with E-state index in [1.807, 2.05) is 49.5 Å². The highest BCUT2D eigenvalue weighted by molar-refractivity contribution is 5.66. The number of nitrogens with one attached hydrogen (secondary N) is 1. The summed E-state index contributed by atoms with van der Waals surface area (Å²) in [6, 6.07) is 19.3. The van der Waals surface area contributed by atoms with Gasteiger partial charge in [-0.1, -0.05) is 36.4 Å². The van der Waals surface area contributed by atoms with Gasteiger partial charge in [0.05, 0.1) is 17.9 Å². The molecule has 2 aromatic carbocycles. The Bertz CT molecular complexity index is 627. The molecule has 0 unspecified atom stereocenters. The van der Waals surface area contributed by atoms with Crippen LogP contribution >= 0.6 is 0 Å². The first-order valence-electron chi connectivity index (χ1n) is 6.39. The fourth-order valence-corrected chi connectivity index (χ4v) is 1.83. The molecule has 0 aliphatic carbocycles. The van der Waals surface area contributed by atoms with Crippen LogP contribution in [0.4, 0.5) is 0 Å². The summed E-state index contributed by atoms with van der Waals surface area (Å²) in [7, 11) is 1.90. The Hall–Kier alpha value is -2.57. The second kappa shape index (κ2) is 7.13. The molecule has 0 saturated heterocycles. The van der Waals surface area contributed by atoms with E-state index >= 15 is 0 Å². The smallest absolute Gasteiger partial charge is 0.127 e. The van der Waals surface area contributed by atoms with Crippen molar-refractivity contribution in [2.45, 2.75) is 0 Å². The molecule has 0 radical (unpaired) electrons. The molecule has 0 bridgehead atoms. The zero-order chi connectivity index (χ0) is 14.2. The molecule has 0 saturated carbocycles. The topological polar surface area (TPSA) is 45.0 Å². The van der Waals surface area contributed by atoms with Crippen LogP contribution in [0.3, 0.4) is 0 Å². The van der Waals surface area contributed by atoms with Crippen molar-refractivity contribution in [3.63, 3.8) is 0 Å². The lowest BCUT2D eigenvalue weighted by Gasteiger charge is -2.08. The van der Waals surface area contributed by atoms with Crippen molar-refractivity contribution >= 4 is 5.57 Å². The predicted octanol–water partition coefficient (Wildman–Crippen LogP) is 3.20. The van der Waals surface area contributed by atoms with Gasteiger partial charge in [0, 0.05) is 12.1 Å². The minimum absolute atomic E-state index is 0.589. The third kappa shape index (κ3) is 3.71. The second-order valence-electron chi connectivity index (χ2n) is 4.30. The molecule has 0 heterocycles. The predicted molar refractivity (Wildman–Crippen MR) is 80.1 cm³/mol. The highest BCUT2D eigenvalue weighted by atomic mass is 16.5. The lowest BCUT2D eigenvalue weighted by Crippen LogP contribution is -2.10. The maximum atomic E-state index is 8.87. The first kappa shape index (κ1) is 13.9. The van der Waals surface area contributed by atoms with Gasteiger partial charge in [-0.25, -0.2) is 0 Å². The molecule has 0 aliphatic heterocycles. The number of benzene rings is 2. The van der Waals surface area contributed by atoms with Crippen LogP contribution in [0.25, 0.3) is 5.57 Å². The first-order valence-corrected chi connectivity index (χ1v) is 6.39. The molecule has 20 heavy (non-hydrogen) atoms. The van der Waals surface area contributed by atoms with E-state index in [9.17, 15) is 0 Å². The van der Waals surface area contributed by atoms with E-state index in [-0.39, 0.29) is 0 Å².